The van der Waals surface area contributed by atoms with Crippen LogP contribution in [0.5, 0.6) is 0 Å². The Labute approximate surface area is 149 Å². The summed E-state index contributed by atoms with van der Waals surface area (Å²) in [5.41, 5.74) is 5.59. The van der Waals surface area contributed by atoms with E-state index >= 15 is 0 Å². The van der Waals surface area contributed by atoms with Crippen molar-refractivity contribution in [1.29, 1.82) is 0 Å². The Kier molecular flexibility index (Phi) is 3.96. The number of carbonyl (C=O) groups excluding carboxylic acids is 1. The van der Waals surface area contributed by atoms with Crippen LogP contribution in [0.25, 0.3) is 0 Å². The summed E-state index contributed by atoms with van der Waals surface area (Å²) in [5, 5.41) is 0. The second kappa shape index (κ2) is 5.81. The fraction of sp³-hybridized carbons (Fsp3) is 0.632. The molecule has 1 amide bonds. The molecule has 1 unspecified atom stereocenters. The lowest BCUT2D eigenvalue weighted by Crippen LogP contribution is -2.55. The van der Waals surface area contributed by atoms with Gasteiger partial charge in [-0.1, -0.05) is 6.07 Å². The summed E-state index contributed by atoms with van der Waals surface area (Å²) in [6.07, 6.45) is 7.43. The highest BCUT2D eigenvalue weighted by Crippen LogP contribution is 2.61. The molecule has 5 nitrogen and oxygen atoms in total. The molecule has 4 aliphatic carbocycles. The molecule has 0 aliphatic heterocycles. The first-order chi connectivity index (χ1) is 11.8. The van der Waals surface area contributed by atoms with E-state index in [0.29, 0.717) is 0 Å². The van der Waals surface area contributed by atoms with Crippen molar-refractivity contribution in [1.82, 2.24) is 4.72 Å². The molecule has 4 fully saturated rings. The maximum Gasteiger partial charge on any atom is 0.248 e. The van der Waals surface area contributed by atoms with Crippen molar-refractivity contribution in [2.24, 2.45) is 28.9 Å². The summed E-state index contributed by atoms with van der Waals surface area (Å²) < 4.78 is 28.6. The molecule has 4 aliphatic rings. The van der Waals surface area contributed by atoms with E-state index in [1.165, 1.54) is 37.5 Å². The number of hydrogen-bond acceptors (Lipinski definition) is 3. The molecule has 0 spiro atoms. The van der Waals surface area contributed by atoms with Crippen LogP contribution in [0.2, 0.25) is 0 Å². The minimum atomic E-state index is -3.67. The van der Waals surface area contributed by atoms with E-state index in [-0.39, 0.29) is 21.9 Å². The largest absolute Gasteiger partial charge is 0.366 e. The van der Waals surface area contributed by atoms with Gasteiger partial charge in [-0.3, -0.25) is 4.79 Å². The van der Waals surface area contributed by atoms with E-state index < -0.39 is 15.9 Å². The summed E-state index contributed by atoms with van der Waals surface area (Å²) in [5.74, 6) is 1.70. The first kappa shape index (κ1) is 17.0. The van der Waals surface area contributed by atoms with Crippen molar-refractivity contribution < 1.29 is 13.2 Å². The number of sulfonamides is 1. The van der Waals surface area contributed by atoms with Crippen molar-refractivity contribution in [3.63, 3.8) is 0 Å². The summed E-state index contributed by atoms with van der Waals surface area (Å²) >= 11 is 0. The van der Waals surface area contributed by atoms with Gasteiger partial charge >= 0.3 is 0 Å². The first-order valence-electron chi connectivity index (χ1n) is 9.20. The van der Waals surface area contributed by atoms with Gasteiger partial charge in [-0.2, -0.15) is 0 Å². The number of nitrogens with two attached hydrogens (primary N) is 1. The fourth-order valence-electron chi connectivity index (χ4n) is 5.95. The summed E-state index contributed by atoms with van der Waals surface area (Å²) in [7, 11) is -3.67. The van der Waals surface area contributed by atoms with Crippen LogP contribution in [0.4, 0.5) is 0 Å². The Hall–Kier alpha value is -1.40. The van der Waals surface area contributed by atoms with Gasteiger partial charge in [0.2, 0.25) is 15.9 Å². The molecule has 0 radical (unpaired) electrons. The lowest BCUT2D eigenvalue weighted by molar-refractivity contribution is -0.0666. The van der Waals surface area contributed by atoms with Gasteiger partial charge in [0.05, 0.1) is 4.90 Å². The third-order valence-corrected chi connectivity index (χ3v) is 8.30. The number of carbonyl (C=O) groups is 1. The number of primary amides is 1. The number of hydrogen-bond donors (Lipinski definition) is 2. The monoisotopic (exact) mass is 362 g/mol. The average Bonchev–Trinajstić information content (AvgIpc) is 2.53. The van der Waals surface area contributed by atoms with E-state index in [9.17, 15) is 13.2 Å². The van der Waals surface area contributed by atoms with Crippen molar-refractivity contribution >= 4 is 15.9 Å². The van der Waals surface area contributed by atoms with E-state index in [1.54, 1.807) is 6.07 Å². The molecule has 0 heterocycles. The molecule has 4 saturated carbocycles. The third kappa shape index (κ3) is 2.99. The molecule has 1 aromatic rings. The maximum atomic E-state index is 12.8. The van der Waals surface area contributed by atoms with E-state index in [4.69, 9.17) is 5.73 Å². The second-order valence-corrected chi connectivity index (χ2v) is 10.2. The minimum Gasteiger partial charge on any atom is -0.366 e. The van der Waals surface area contributed by atoms with Crippen molar-refractivity contribution in [2.45, 2.75) is 56.4 Å². The van der Waals surface area contributed by atoms with Crippen LogP contribution in [0.3, 0.4) is 0 Å². The standard InChI is InChI=1S/C19H26N2O3S/c1-12(19-9-13-5-14(10-19)7-15(6-13)11-19)21-25(23,24)17-4-2-3-16(8-17)18(20)22/h2-4,8,12-15,21H,5-7,9-11H2,1H3,(H2,20,22). The number of nitrogens with one attached hydrogen (secondary N) is 1. The van der Waals surface area contributed by atoms with Crippen molar-refractivity contribution in [3.05, 3.63) is 29.8 Å². The minimum absolute atomic E-state index is 0.0943. The second-order valence-electron chi connectivity index (χ2n) is 8.51. The van der Waals surface area contributed by atoms with Crippen LogP contribution >= 0.6 is 0 Å². The van der Waals surface area contributed by atoms with Crippen LogP contribution < -0.4 is 10.5 Å². The quantitative estimate of drug-likeness (QED) is 0.844. The average molecular weight is 362 g/mol. The highest BCUT2D eigenvalue weighted by Gasteiger charge is 2.53. The van der Waals surface area contributed by atoms with E-state index in [1.807, 2.05) is 6.92 Å². The van der Waals surface area contributed by atoms with Crippen LogP contribution in [-0.4, -0.2) is 20.4 Å². The van der Waals surface area contributed by atoms with Gasteiger partial charge in [0.15, 0.2) is 0 Å². The van der Waals surface area contributed by atoms with E-state index in [0.717, 1.165) is 37.0 Å². The predicted molar refractivity (Wildman–Crippen MR) is 95.3 cm³/mol. The molecule has 0 saturated heterocycles. The van der Waals surface area contributed by atoms with Gasteiger partial charge in [-0.25, -0.2) is 13.1 Å². The Morgan fingerprint density at radius 2 is 1.72 bits per heavy atom. The first-order valence-corrected chi connectivity index (χ1v) is 10.7. The summed E-state index contributed by atoms with van der Waals surface area (Å²) in [6.45, 7) is 2.02. The van der Waals surface area contributed by atoms with Gasteiger partial charge in [-0.15, -0.1) is 0 Å². The Bertz CT molecular complexity index is 767. The van der Waals surface area contributed by atoms with Gasteiger partial charge in [0, 0.05) is 11.6 Å². The molecule has 3 N–H and O–H groups in total. The van der Waals surface area contributed by atoms with Gasteiger partial charge < -0.3 is 5.73 Å². The highest BCUT2D eigenvalue weighted by molar-refractivity contribution is 7.89. The SMILES string of the molecule is CC(NS(=O)(=O)c1cccc(C(N)=O)c1)C12CC3CC(CC(C3)C1)C2. The van der Waals surface area contributed by atoms with E-state index in [2.05, 4.69) is 4.72 Å². The highest BCUT2D eigenvalue weighted by atomic mass is 32.2. The lowest BCUT2D eigenvalue weighted by atomic mass is 9.48. The van der Waals surface area contributed by atoms with Crippen LogP contribution in [0.15, 0.2) is 29.2 Å². The third-order valence-electron chi connectivity index (χ3n) is 6.76. The fourth-order valence-corrected chi connectivity index (χ4v) is 7.34. The van der Waals surface area contributed by atoms with Crippen LogP contribution in [-0.2, 0) is 10.0 Å². The lowest BCUT2D eigenvalue weighted by Gasteiger charge is -2.59. The number of benzene rings is 1. The zero-order valence-electron chi connectivity index (χ0n) is 14.6. The Balaban J connectivity index is 1.57. The maximum absolute atomic E-state index is 12.8. The molecule has 0 aromatic heterocycles. The molecule has 25 heavy (non-hydrogen) atoms. The molecular formula is C19H26N2O3S. The zero-order valence-corrected chi connectivity index (χ0v) is 15.4. The Morgan fingerprint density at radius 1 is 1.16 bits per heavy atom. The molecule has 1 atom stereocenters. The van der Waals surface area contributed by atoms with Crippen molar-refractivity contribution in [3.8, 4) is 0 Å². The van der Waals surface area contributed by atoms with Gasteiger partial charge in [-0.05, 0) is 86.8 Å². The summed E-state index contributed by atoms with van der Waals surface area (Å²) in [4.78, 5) is 11.5. The number of rotatable bonds is 5. The van der Waals surface area contributed by atoms with Gasteiger partial charge in [0.25, 0.3) is 0 Å². The Morgan fingerprint density at radius 3 is 2.24 bits per heavy atom. The smallest absolute Gasteiger partial charge is 0.248 e. The zero-order chi connectivity index (χ0) is 17.8. The van der Waals surface area contributed by atoms with Crippen molar-refractivity contribution in [2.75, 3.05) is 0 Å². The predicted octanol–water partition coefficient (Wildman–Crippen LogP) is 2.67. The molecule has 6 heteroatoms. The molecule has 4 bridgehead atoms. The van der Waals surface area contributed by atoms with Crippen LogP contribution in [0.1, 0.15) is 55.8 Å². The molecule has 5 rings (SSSR count). The van der Waals surface area contributed by atoms with Gasteiger partial charge in [0.1, 0.15) is 0 Å². The molecular weight excluding hydrogens is 336 g/mol. The molecule has 1 aromatic carbocycles. The number of amides is 1. The summed E-state index contributed by atoms with van der Waals surface area (Å²) in [6, 6.07) is 5.87. The van der Waals surface area contributed by atoms with Crippen LogP contribution in [0, 0.1) is 23.2 Å². The normalized spacial score (nSPS) is 34.8. The topological polar surface area (TPSA) is 89.3 Å². The molecule has 136 valence electrons.